The van der Waals surface area contributed by atoms with Gasteiger partial charge in [-0.1, -0.05) is 32.9 Å². The van der Waals surface area contributed by atoms with Crippen LogP contribution < -0.4 is 11.1 Å². The van der Waals surface area contributed by atoms with Gasteiger partial charge in [-0.25, -0.2) is 0 Å². The van der Waals surface area contributed by atoms with Crippen LogP contribution in [0.1, 0.15) is 38.7 Å². The number of anilines is 1. The van der Waals surface area contributed by atoms with Gasteiger partial charge in [0.1, 0.15) is 0 Å². The van der Waals surface area contributed by atoms with Gasteiger partial charge in [-0.3, -0.25) is 9.69 Å². The first kappa shape index (κ1) is 16.0. The van der Waals surface area contributed by atoms with Crippen molar-refractivity contribution in [1.82, 2.24) is 4.90 Å². The third kappa shape index (κ3) is 4.83. The molecule has 4 nitrogen and oxygen atoms in total. The highest BCUT2D eigenvalue weighted by atomic mass is 16.2. The molecule has 1 aromatic carbocycles. The minimum Gasteiger partial charge on any atom is -0.327 e. The predicted molar refractivity (Wildman–Crippen MR) is 87.4 cm³/mol. The van der Waals surface area contributed by atoms with Crippen molar-refractivity contribution in [3.05, 3.63) is 29.8 Å². The molecule has 0 aliphatic carbocycles. The summed E-state index contributed by atoms with van der Waals surface area (Å²) < 4.78 is 0. The SMILES string of the molecule is CC1CC(N)CN(CC(=O)Nc2ccc(C(C)C)cc2)C1. The molecule has 0 radical (unpaired) electrons. The van der Waals surface area contributed by atoms with Crippen LogP contribution in [0.5, 0.6) is 0 Å². The lowest BCUT2D eigenvalue weighted by atomic mass is 9.97. The van der Waals surface area contributed by atoms with Gasteiger partial charge in [0.25, 0.3) is 0 Å². The van der Waals surface area contributed by atoms with Crippen molar-refractivity contribution in [3.8, 4) is 0 Å². The number of carbonyl (C=O) groups is 1. The summed E-state index contributed by atoms with van der Waals surface area (Å²) in [7, 11) is 0. The third-order valence-corrected chi connectivity index (χ3v) is 4.00. The van der Waals surface area contributed by atoms with Gasteiger partial charge in [-0.15, -0.1) is 0 Å². The van der Waals surface area contributed by atoms with Crippen molar-refractivity contribution < 1.29 is 4.79 Å². The van der Waals surface area contributed by atoms with Gasteiger partial charge < -0.3 is 11.1 Å². The van der Waals surface area contributed by atoms with E-state index in [1.807, 2.05) is 12.1 Å². The van der Waals surface area contributed by atoms with Crippen LogP contribution in [-0.2, 0) is 4.79 Å². The van der Waals surface area contributed by atoms with E-state index in [4.69, 9.17) is 5.73 Å². The zero-order chi connectivity index (χ0) is 15.4. The number of benzene rings is 1. The van der Waals surface area contributed by atoms with Gasteiger partial charge in [0.05, 0.1) is 6.54 Å². The molecular formula is C17H27N3O. The zero-order valence-electron chi connectivity index (χ0n) is 13.3. The maximum atomic E-state index is 12.1. The van der Waals surface area contributed by atoms with Crippen molar-refractivity contribution in [2.24, 2.45) is 11.7 Å². The summed E-state index contributed by atoms with van der Waals surface area (Å²) in [5.74, 6) is 1.10. The quantitative estimate of drug-likeness (QED) is 0.895. The lowest BCUT2D eigenvalue weighted by molar-refractivity contribution is -0.117. The van der Waals surface area contributed by atoms with Crippen molar-refractivity contribution in [1.29, 1.82) is 0 Å². The smallest absolute Gasteiger partial charge is 0.238 e. The summed E-state index contributed by atoms with van der Waals surface area (Å²) in [4.78, 5) is 14.3. The van der Waals surface area contributed by atoms with Crippen LogP contribution in [0.4, 0.5) is 5.69 Å². The van der Waals surface area contributed by atoms with Crippen molar-refractivity contribution in [2.45, 2.75) is 39.2 Å². The normalized spacial score (nSPS) is 23.3. The van der Waals surface area contributed by atoms with Gasteiger partial charge in [0, 0.05) is 24.8 Å². The first-order valence-electron chi connectivity index (χ1n) is 7.81. The molecule has 1 amide bonds. The Morgan fingerprint density at radius 2 is 2.00 bits per heavy atom. The van der Waals surface area contributed by atoms with E-state index in [9.17, 15) is 4.79 Å². The highest BCUT2D eigenvalue weighted by Crippen LogP contribution is 2.18. The van der Waals surface area contributed by atoms with E-state index in [-0.39, 0.29) is 11.9 Å². The van der Waals surface area contributed by atoms with E-state index in [0.717, 1.165) is 25.2 Å². The average Bonchev–Trinajstić information content (AvgIpc) is 2.37. The second-order valence-electron chi connectivity index (χ2n) is 6.62. The zero-order valence-corrected chi connectivity index (χ0v) is 13.3. The fourth-order valence-electron chi connectivity index (χ4n) is 3.00. The molecule has 116 valence electrons. The maximum absolute atomic E-state index is 12.1. The topological polar surface area (TPSA) is 58.4 Å². The van der Waals surface area contributed by atoms with Crippen molar-refractivity contribution in [3.63, 3.8) is 0 Å². The molecule has 2 rings (SSSR count). The number of nitrogens with one attached hydrogen (secondary N) is 1. The van der Waals surface area contributed by atoms with Crippen molar-refractivity contribution in [2.75, 3.05) is 25.0 Å². The number of likely N-dealkylation sites (tertiary alicyclic amines) is 1. The second kappa shape index (κ2) is 7.05. The van der Waals surface area contributed by atoms with Crippen LogP contribution in [0.25, 0.3) is 0 Å². The number of hydrogen-bond donors (Lipinski definition) is 2. The molecule has 1 saturated heterocycles. The molecule has 1 aliphatic rings. The van der Waals surface area contributed by atoms with Gasteiger partial charge in [-0.2, -0.15) is 0 Å². The Hall–Kier alpha value is -1.39. The van der Waals surface area contributed by atoms with E-state index >= 15 is 0 Å². The van der Waals surface area contributed by atoms with Crippen LogP contribution in [0, 0.1) is 5.92 Å². The molecule has 0 saturated carbocycles. The first-order chi connectivity index (χ1) is 9.94. The third-order valence-electron chi connectivity index (χ3n) is 4.00. The van der Waals surface area contributed by atoms with Crippen LogP contribution in [0.3, 0.4) is 0 Å². The van der Waals surface area contributed by atoms with Crippen molar-refractivity contribution >= 4 is 11.6 Å². The van der Waals surface area contributed by atoms with Gasteiger partial charge in [0.15, 0.2) is 0 Å². The number of nitrogens with two attached hydrogens (primary N) is 1. The summed E-state index contributed by atoms with van der Waals surface area (Å²) in [6.07, 6.45) is 1.05. The van der Waals surface area contributed by atoms with Crippen LogP contribution in [-0.4, -0.2) is 36.5 Å². The number of amides is 1. The molecule has 1 fully saturated rings. The highest BCUT2D eigenvalue weighted by molar-refractivity contribution is 5.92. The summed E-state index contributed by atoms with van der Waals surface area (Å²) in [6, 6.07) is 8.26. The molecule has 0 aromatic heterocycles. The number of piperidine rings is 1. The van der Waals surface area contributed by atoms with E-state index < -0.39 is 0 Å². The molecule has 0 bridgehead atoms. The Kier molecular flexibility index (Phi) is 5.37. The summed E-state index contributed by atoms with van der Waals surface area (Å²) in [5.41, 5.74) is 8.16. The van der Waals surface area contributed by atoms with E-state index in [1.54, 1.807) is 0 Å². The Morgan fingerprint density at radius 3 is 2.57 bits per heavy atom. The predicted octanol–water partition coefficient (Wildman–Crippen LogP) is 2.42. The fourth-order valence-corrected chi connectivity index (χ4v) is 3.00. The monoisotopic (exact) mass is 289 g/mol. The molecule has 3 N–H and O–H groups in total. The number of carbonyl (C=O) groups excluding carboxylic acids is 1. The molecule has 4 heteroatoms. The Morgan fingerprint density at radius 1 is 1.33 bits per heavy atom. The standard InChI is InChI=1S/C17H27N3O/c1-12(2)14-4-6-16(7-5-14)19-17(21)11-20-9-13(3)8-15(18)10-20/h4-7,12-13,15H,8-11,18H2,1-3H3,(H,19,21). The summed E-state index contributed by atoms with van der Waals surface area (Å²) >= 11 is 0. The molecular weight excluding hydrogens is 262 g/mol. The molecule has 1 aromatic rings. The number of hydrogen-bond acceptors (Lipinski definition) is 3. The average molecular weight is 289 g/mol. The molecule has 1 aliphatic heterocycles. The summed E-state index contributed by atoms with van der Waals surface area (Å²) in [6.45, 7) is 8.69. The van der Waals surface area contributed by atoms with Crippen LogP contribution in [0.2, 0.25) is 0 Å². The van der Waals surface area contributed by atoms with E-state index in [0.29, 0.717) is 18.4 Å². The van der Waals surface area contributed by atoms with Gasteiger partial charge in [-0.05, 0) is 36.0 Å². The molecule has 2 unspecified atom stereocenters. The lowest BCUT2D eigenvalue weighted by Crippen LogP contribution is -2.48. The second-order valence-corrected chi connectivity index (χ2v) is 6.62. The summed E-state index contributed by atoms with van der Waals surface area (Å²) in [5, 5.41) is 2.96. The Labute approximate surface area is 127 Å². The van der Waals surface area contributed by atoms with Gasteiger partial charge >= 0.3 is 0 Å². The van der Waals surface area contributed by atoms with E-state index in [1.165, 1.54) is 5.56 Å². The number of rotatable bonds is 4. The molecule has 0 spiro atoms. The molecule has 21 heavy (non-hydrogen) atoms. The largest absolute Gasteiger partial charge is 0.327 e. The Bertz CT molecular complexity index is 459. The van der Waals surface area contributed by atoms with Crippen LogP contribution >= 0.6 is 0 Å². The molecule has 1 heterocycles. The van der Waals surface area contributed by atoms with E-state index in [2.05, 4.69) is 43.1 Å². The fraction of sp³-hybridized carbons (Fsp3) is 0.588. The highest BCUT2D eigenvalue weighted by Gasteiger charge is 2.23. The maximum Gasteiger partial charge on any atom is 0.238 e. The lowest BCUT2D eigenvalue weighted by Gasteiger charge is -2.34. The Balaban J connectivity index is 1.86. The van der Waals surface area contributed by atoms with Crippen LogP contribution in [0.15, 0.2) is 24.3 Å². The minimum absolute atomic E-state index is 0.0357. The van der Waals surface area contributed by atoms with Gasteiger partial charge in [0.2, 0.25) is 5.91 Å². The first-order valence-corrected chi connectivity index (χ1v) is 7.81. The number of nitrogens with zero attached hydrogens (tertiary/aromatic N) is 1. The molecule has 2 atom stereocenters. The minimum atomic E-state index is 0.0357.